The van der Waals surface area contributed by atoms with Gasteiger partial charge in [-0.1, -0.05) is 0 Å². The van der Waals surface area contributed by atoms with Crippen molar-refractivity contribution in [2.24, 2.45) is 0 Å². The van der Waals surface area contributed by atoms with Gasteiger partial charge >= 0.3 is 29.2 Å². The van der Waals surface area contributed by atoms with E-state index in [1.54, 1.807) is 0 Å². The van der Waals surface area contributed by atoms with Gasteiger partial charge in [0.2, 0.25) is 0 Å². The Morgan fingerprint density at radius 2 is 1.00 bits per heavy atom. The van der Waals surface area contributed by atoms with E-state index < -0.39 is 20.1 Å². The molecule has 0 saturated heterocycles. The molecule has 0 nitrogen and oxygen atoms in total. The molecule has 0 radical (unpaired) electrons. The number of rotatable bonds is 0. The van der Waals surface area contributed by atoms with Crippen molar-refractivity contribution in [2.75, 3.05) is 0 Å². The Balaban J connectivity index is 2.32. The van der Waals surface area contributed by atoms with Crippen LogP contribution >= 0.6 is 0 Å². The van der Waals surface area contributed by atoms with E-state index in [1.807, 2.05) is 0 Å². The Hall–Kier alpha value is 0.530. The van der Waals surface area contributed by atoms with E-state index in [0.717, 1.165) is 0 Å². The van der Waals surface area contributed by atoms with Crippen molar-refractivity contribution in [3.63, 3.8) is 0 Å². The van der Waals surface area contributed by atoms with Crippen molar-refractivity contribution in [1.82, 2.24) is 0 Å². The summed E-state index contributed by atoms with van der Waals surface area (Å²) in [6.45, 7) is 0. The molecule has 4 heteroatoms. The summed E-state index contributed by atoms with van der Waals surface area (Å²) in [4.78, 5) is 0. The summed E-state index contributed by atoms with van der Waals surface area (Å²) < 4.78 is 29.6. The van der Waals surface area contributed by atoms with Crippen molar-refractivity contribution in [1.29, 1.82) is 0 Å². The van der Waals surface area contributed by atoms with Crippen LogP contribution in [0.25, 0.3) is 0 Å². The van der Waals surface area contributed by atoms with Gasteiger partial charge < -0.3 is 0 Å². The summed E-state index contributed by atoms with van der Waals surface area (Å²) >= 11 is -5.09. The van der Waals surface area contributed by atoms with Gasteiger partial charge in [-0.2, -0.15) is 0 Å². The van der Waals surface area contributed by atoms with Crippen LogP contribution in [0.15, 0.2) is 0 Å². The van der Waals surface area contributed by atoms with Gasteiger partial charge in [0.25, 0.3) is 0 Å². The van der Waals surface area contributed by atoms with E-state index >= 15 is 0 Å². The van der Waals surface area contributed by atoms with Crippen LogP contribution in [-0.2, 0) is 20.1 Å². The molecule has 0 aliphatic carbocycles. The maximum absolute atomic E-state index is 9.87. The second kappa shape index (κ2) is 1.81. The van der Waals surface area contributed by atoms with Crippen molar-refractivity contribution in [3.05, 3.63) is 0 Å². The Kier molecular flexibility index (Phi) is 2.05. The van der Waals surface area contributed by atoms with Crippen molar-refractivity contribution in [2.45, 2.75) is 0 Å². The topological polar surface area (TPSA) is 0 Å². The zero-order valence-electron chi connectivity index (χ0n) is 1.58. The summed E-state index contributed by atoms with van der Waals surface area (Å²) in [6, 6.07) is 0. The fourth-order valence-corrected chi connectivity index (χ4v) is 0. The van der Waals surface area contributed by atoms with Crippen LogP contribution < -0.4 is 0 Å². The van der Waals surface area contributed by atoms with Crippen molar-refractivity contribution < 1.29 is 29.2 Å². The van der Waals surface area contributed by atoms with Crippen LogP contribution in [0.2, 0.25) is 0 Å². The van der Waals surface area contributed by atoms with Gasteiger partial charge in [0, 0.05) is 0 Å². The van der Waals surface area contributed by atoms with Crippen LogP contribution in [0.4, 0.5) is 9.07 Å². The molecule has 0 aromatic carbocycles. The minimum atomic E-state index is -5.09. The van der Waals surface area contributed by atoms with Crippen molar-refractivity contribution in [3.8, 4) is 0 Å². The Morgan fingerprint density at radius 3 is 1.00 bits per heavy atom. The van der Waals surface area contributed by atoms with E-state index in [9.17, 15) is 9.07 Å². The Bertz CT molecular complexity index is 8.00. The molecule has 0 rings (SSSR count). The number of halogens is 3. The third-order valence-corrected chi connectivity index (χ3v) is 0. The van der Waals surface area contributed by atoms with Crippen LogP contribution in [0.1, 0.15) is 0 Å². The van der Waals surface area contributed by atoms with E-state index in [-0.39, 0.29) is 0 Å². The molecular formula is F3Ta. The third-order valence-electron chi connectivity index (χ3n) is 0. The summed E-state index contributed by atoms with van der Waals surface area (Å²) in [5.41, 5.74) is 0. The van der Waals surface area contributed by atoms with E-state index in [1.165, 1.54) is 0 Å². The predicted molar refractivity (Wildman–Crippen MR) is 3.32 cm³/mol. The monoisotopic (exact) mass is 238 g/mol. The molecule has 0 amide bonds. The standard InChI is InChI=1S/3FH.Ta/h3*1H;/q;;;+3/p-3. The van der Waals surface area contributed by atoms with E-state index in [0.29, 0.717) is 0 Å². The first kappa shape index (κ1) is 4.53. The van der Waals surface area contributed by atoms with Gasteiger partial charge in [0.15, 0.2) is 0 Å². The third kappa shape index (κ3) is 21.1. The van der Waals surface area contributed by atoms with E-state index in [2.05, 4.69) is 0 Å². The molecule has 0 aromatic rings. The van der Waals surface area contributed by atoms with Crippen molar-refractivity contribution >= 4 is 0 Å². The summed E-state index contributed by atoms with van der Waals surface area (Å²) in [6.07, 6.45) is 0. The molecule has 0 aromatic heterocycles. The molecular weight excluding hydrogens is 238 g/mol. The van der Waals surface area contributed by atoms with Crippen LogP contribution in [-0.4, -0.2) is 0 Å². The first-order chi connectivity index (χ1) is 1.73. The molecule has 26 valence electrons. The van der Waals surface area contributed by atoms with Gasteiger partial charge in [0.05, 0.1) is 0 Å². The summed E-state index contributed by atoms with van der Waals surface area (Å²) in [7, 11) is 0. The Morgan fingerprint density at radius 1 is 1.00 bits per heavy atom. The van der Waals surface area contributed by atoms with E-state index in [4.69, 9.17) is 0 Å². The normalized spacial score (nSPS) is 9.00. The minimum absolute atomic E-state index is 5.09. The quantitative estimate of drug-likeness (QED) is 0.595. The van der Waals surface area contributed by atoms with Crippen LogP contribution in [0, 0.1) is 0 Å². The number of hydrogen-bond acceptors (Lipinski definition) is 0. The Labute approximate surface area is 29.8 Å². The number of hydrogen-bond donors (Lipinski definition) is 0. The molecule has 0 atom stereocenters. The van der Waals surface area contributed by atoms with Gasteiger partial charge in [0.1, 0.15) is 0 Å². The molecule has 0 unspecified atom stereocenters. The average Bonchev–Trinajstić information content (AvgIpc) is 0.811. The maximum atomic E-state index is 9.87. The zero-order valence-corrected chi connectivity index (χ0v) is 4.79. The second-order valence-corrected chi connectivity index (χ2v) is 1.57. The van der Waals surface area contributed by atoms with Gasteiger partial charge in [-0.25, -0.2) is 0 Å². The molecule has 0 N–H and O–H groups in total. The zero-order chi connectivity index (χ0) is 3.58. The molecule has 0 heterocycles. The SMILES string of the molecule is [F][Ta]([F])[F]. The second-order valence-electron chi connectivity index (χ2n) is 0.192. The first-order valence-electron chi connectivity index (χ1n) is 0.507. The fraction of sp³-hybridized carbons (Fsp3) is 0. The predicted octanol–water partition coefficient (Wildman–Crippen LogP) is 1.26. The molecule has 0 fully saturated rings. The molecule has 4 heavy (non-hydrogen) atoms. The summed E-state index contributed by atoms with van der Waals surface area (Å²) in [5, 5.41) is 0. The average molecular weight is 238 g/mol. The summed E-state index contributed by atoms with van der Waals surface area (Å²) in [5.74, 6) is 0. The molecule has 0 aliphatic rings. The van der Waals surface area contributed by atoms with Gasteiger partial charge in [-0.3, -0.25) is 0 Å². The van der Waals surface area contributed by atoms with Gasteiger partial charge in [-0.15, -0.1) is 0 Å². The van der Waals surface area contributed by atoms with Crippen LogP contribution in [0.5, 0.6) is 0 Å². The molecule has 0 spiro atoms. The molecule has 0 bridgehead atoms. The van der Waals surface area contributed by atoms with Crippen LogP contribution in [0.3, 0.4) is 0 Å². The van der Waals surface area contributed by atoms with Gasteiger partial charge in [-0.05, 0) is 0 Å². The fourth-order valence-electron chi connectivity index (χ4n) is 0. The molecule has 0 saturated carbocycles. The molecule has 0 aliphatic heterocycles. The first-order valence-corrected chi connectivity index (χ1v) is 4.15.